The Morgan fingerprint density at radius 3 is 2.89 bits per heavy atom. The fourth-order valence-corrected chi connectivity index (χ4v) is 2.84. The summed E-state index contributed by atoms with van der Waals surface area (Å²) in [5.74, 6) is 1.17. The first kappa shape index (κ1) is 14.4. The second-order valence-electron chi connectivity index (χ2n) is 5.33. The Bertz CT molecular complexity index is 430. The van der Waals surface area contributed by atoms with Gasteiger partial charge < -0.3 is 10.6 Å². The molecule has 1 amide bonds. The van der Waals surface area contributed by atoms with Crippen LogP contribution in [0.5, 0.6) is 0 Å². The third-order valence-corrected chi connectivity index (χ3v) is 4.04. The van der Waals surface area contributed by atoms with E-state index in [2.05, 4.69) is 17.6 Å². The molecule has 1 heterocycles. The zero-order valence-electron chi connectivity index (χ0n) is 11.3. The van der Waals surface area contributed by atoms with Crippen LogP contribution in [-0.4, -0.2) is 19.0 Å². The molecule has 104 valence electrons. The van der Waals surface area contributed by atoms with Gasteiger partial charge in [0.05, 0.1) is 0 Å². The quantitative estimate of drug-likeness (QED) is 0.888. The summed E-state index contributed by atoms with van der Waals surface area (Å²) in [5, 5.41) is 6.91. The van der Waals surface area contributed by atoms with Gasteiger partial charge in [-0.3, -0.25) is 4.79 Å². The molecule has 0 aliphatic carbocycles. The summed E-state index contributed by atoms with van der Waals surface area (Å²) >= 11 is 5.90. The normalized spacial score (nSPS) is 18.0. The highest BCUT2D eigenvalue weighted by Gasteiger charge is 2.21. The smallest absolute Gasteiger partial charge is 0.224 e. The first-order chi connectivity index (χ1) is 9.15. The lowest BCUT2D eigenvalue weighted by molar-refractivity contribution is -0.117. The van der Waals surface area contributed by atoms with Crippen LogP contribution in [0.3, 0.4) is 0 Å². The van der Waals surface area contributed by atoms with Crippen LogP contribution >= 0.6 is 11.6 Å². The summed E-state index contributed by atoms with van der Waals surface area (Å²) < 4.78 is 0. The maximum atomic E-state index is 12.0. The van der Waals surface area contributed by atoms with E-state index in [-0.39, 0.29) is 5.91 Å². The Kier molecular flexibility index (Phi) is 5.23. The van der Waals surface area contributed by atoms with E-state index < -0.39 is 0 Å². The van der Waals surface area contributed by atoms with Gasteiger partial charge in [0, 0.05) is 17.1 Å². The third-order valence-electron chi connectivity index (χ3n) is 3.80. The van der Waals surface area contributed by atoms with E-state index in [9.17, 15) is 4.79 Å². The molecule has 1 aliphatic rings. The first-order valence-corrected chi connectivity index (χ1v) is 7.29. The van der Waals surface area contributed by atoms with E-state index in [0.29, 0.717) is 23.3 Å². The van der Waals surface area contributed by atoms with Gasteiger partial charge in [-0.2, -0.15) is 0 Å². The molecule has 3 nitrogen and oxygen atoms in total. The predicted octanol–water partition coefficient (Wildman–Crippen LogP) is 3.30. The molecule has 0 bridgehead atoms. The summed E-state index contributed by atoms with van der Waals surface area (Å²) in [4.78, 5) is 12.0. The number of nitrogens with one attached hydrogen (secondary N) is 2. The lowest BCUT2D eigenvalue weighted by Crippen LogP contribution is -2.32. The van der Waals surface area contributed by atoms with Gasteiger partial charge in [-0.25, -0.2) is 0 Å². The second kappa shape index (κ2) is 6.92. The average Bonchev–Trinajstić information content (AvgIpc) is 2.39. The SMILES string of the molecule is CC(CC(=O)Nc1cccc(Cl)c1)C1CCNCC1. The second-order valence-corrected chi connectivity index (χ2v) is 5.76. The Morgan fingerprint density at radius 2 is 2.21 bits per heavy atom. The minimum Gasteiger partial charge on any atom is -0.326 e. The van der Waals surface area contributed by atoms with Crippen molar-refractivity contribution in [1.29, 1.82) is 0 Å². The number of hydrogen-bond donors (Lipinski definition) is 2. The Balaban J connectivity index is 1.83. The van der Waals surface area contributed by atoms with Gasteiger partial charge in [0.2, 0.25) is 5.91 Å². The van der Waals surface area contributed by atoms with Crippen LogP contribution in [0.25, 0.3) is 0 Å². The number of amides is 1. The molecule has 0 spiro atoms. The van der Waals surface area contributed by atoms with Gasteiger partial charge >= 0.3 is 0 Å². The number of hydrogen-bond acceptors (Lipinski definition) is 2. The number of carbonyl (C=O) groups is 1. The zero-order valence-corrected chi connectivity index (χ0v) is 12.0. The zero-order chi connectivity index (χ0) is 13.7. The third kappa shape index (κ3) is 4.51. The van der Waals surface area contributed by atoms with Crippen molar-refractivity contribution in [1.82, 2.24) is 5.32 Å². The molecule has 4 heteroatoms. The highest BCUT2D eigenvalue weighted by Crippen LogP contribution is 2.25. The largest absolute Gasteiger partial charge is 0.326 e. The van der Waals surface area contributed by atoms with Gasteiger partial charge in [0.15, 0.2) is 0 Å². The lowest BCUT2D eigenvalue weighted by Gasteiger charge is -2.27. The summed E-state index contributed by atoms with van der Waals surface area (Å²) in [6.45, 7) is 4.32. The van der Waals surface area contributed by atoms with Crippen LogP contribution < -0.4 is 10.6 Å². The van der Waals surface area contributed by atoms with Gasteiger partial charge in [-0.15, -0.1) is 0 Å². The van der Waals surface area contributed by atoms with Crippen molar-refractivity contribution >= 4 is 23.2 Å². The van der Waals surface area contributed by atoms with E-state index in [1.807, 2.05) is 12.1 Å². The van der Waals surface area contributed by atoms with E-state index in [4.69, 9.17) is 11.6 Å². The molecule has 1 aromatic rings. The number of rotatable bonds is 4. The molecular formula is C15H21ClN2O. The van der Waals surface area contributed by atoms with Crippen molar-refractivity contribution in [2.45, 2.75) is 26.2 Å². The standard InChI is InChI=1S/C15H21ClN2O/c1-11(12-5-7-17-8-6-12)9-15(19)18-14-4-2-3-13(16)10-14/h2-4,10-12,17H,5-9H2,1H3,(H,18,19). The van der Waals surface area contributed by atoms with Gasteiger partial charge in [0.1, 0.15) is 0 Å². The number of piperidine rings is 1. The summed E-state index contributed by atoms with van der Waals surface area (Å²) in [5.41, 5.74) is 0.773. The van der Waals surface area contributed by atoms with Crippen LogP contribution in [-0.2, 0) is 4.79 Å². The summed E-state index contributed by atoms with van der Waals surface area (Å²) in [7, 11) is 0. The highest BCUT2D eigenvalue weighted by molar-refractivity contribution is 6.30. The summed E-state index contributed by atoms with van der Waals surface area (Å²) in [6, 6.07) is 7.27. The minimum atomic E-state index is 0.0771. The molecular weight excluding hydrogens is 260 g/mol. The molecule has 0 radical (unpaired) electrons. The van der Waals surface area contributed by atoms with Crippen LogP contribution in [0, 0.1) is 11.8 Å². The Labute approximate surface area is 119 Å². The lowest BCUT2D eigenvalue weighted by atomic mass is 9.84. The molecule has 1 aromatic carbocycles. The van der Waals surface area contributed by atoms with Crippen LogP contribution in [0.1, 0.15) is 26.2 Å². The molecule has 2 rings (SSSR count). The first-order valence-electron chi connectivity index (χ1n) is 6.91. The van der Waals surface area contributed by atoms with E-state index in [1.165, 1.54) is 12.8 Å². The van der Waals surface area contributed by atoms with Crippen molar-refractivity contribution in [3.63, 3.8) is 0 Å². The maximum absolute atomic E-state index is 12.0. The monoisotopic (exact) mass is 280 g/mol. The molecule has 0 aromatic heterocycles. The van der Waals surface area contributed by atoms with Crippen molar-refractivity contribution < 1.29 is 4.79 Å². The van der Waals surface area contributed by atoms with Crippen LogP contribution in [0.2, 0.25) is 5.02 Å². The van der Waals surface area contributed by atoms with Crippen molar-refractivity contribution in [2.24, 2.45) is 11.8 Å². The number of benzene rings is 1. The van der Waals surface area contributed by atoms with Crippen LogP contribution in [0.15, 0.2) is 24.3 Å². The molecule has 1 aliphatic heterocycles. The van der Waals surface area contributed by atoms with Crippen molar-refractivity contribution in [3.05, 3.63) is 29.3 Å². The number of halogens is 1. The highest BCUT2D eigenvalue weighted by atomic mass is 35.5. The molecule has 0 saturated carbocycles. The van der Waals surface area contributed by atoms with Crippen molar-refractivity contribution in [2.75, 3.05) is 18.4 Å². The average molecular weight is 281 g/mol. The molecule has 19 heavy (non-hydrogen) atoms. The van der Waals surface area contributed by atoms with E-state index in [1.54, 1.807) is 12.1 Å². The van der Waals surface area contributed by atoms with Crippen LogP contribution in [0.4, 0.5) is 5.69 Å². The maximum Gasteiger partial charge on any atom is 0.224 e. The molecule has 2 N–H and O–H groups in total. The molecule has 1 unspecified atom stereocenters. The fourth-order valence-electron chi connectivity index (χ4n) is 2.65. The Morgan fingerprint density at radius 1 is 1.47 bits per heavy atom. The predicted molar refractivity (Wildman–Crippen MR) is 79.5 cm³/mol. The Hall–Kier alpha value is -1.06. The minimum absolute atomic E-state index is 0.0771. The molecule has 1 saturated heterocycles. The van der Waals surface area contributed by atoms with E-state index >= 15 is 0 Å². The summed E-state index contributed by atoms with van der Waals surface area (Å²) in [6.07, 6.45) is 2.93. The number of carbonyl (C=O) groups excluding carboxylic acids is 1. The molecule has 1 atom stereocenters. The van der Waals surface area contributed by atoms with E-state index in [0.717, 1.165) is 18.8 Å². The fraction of sp³-hybridized carbons (Fsp3) is 0.533. The van der Waals surface area contributed by atoms with Crippen molar-refractivity contribution in [3.8, 4) is 0 Å². The topological polar surface area (TPSA) is 41.1 Å². The number of anilines is 1. The van der Waals surface area contributed by atoms with Gasteiger partial charge in [-0.1, -0.05) is 24.6 Å². The molecule has 1 fully saturated rings. The van der Waals surface area contributed by atoms with Gasteiger partial charge in [-0.05, 0) is 56.0 Å². The van der Waals surface area contributed by atoms with Gasteiger partial charge in [0.25, 0.3) is 0 Å².